The number of nitrogens with one attached hydrogen (secondary N) is 1. The number of ether oxygens (including phenoxy) is 2. The highest BCUT2D eigenvalue weighted by Gasteiger charge is 2.14. The Hall–Kier alpha value is -1.98. The number of pyridine rings is 1. The number of rotatable bonds is 4. The minimum atomic E-state index is -0.419. The molecule has 0 fully saturated rings. The SMILES string of the molecule is COc1cc(OC)c(NC(=O)c2cc(Cl)ccn2)cc1Cl. The summed E-state index contributed by atoms with van der Waals surface area (Å²) in [4.78, 5) is 16.1. The van der Waals surface area contributed by atoms with E-state index in [4.69, 9.17) is 32.7 Å². The van der Waals surface area contributed by atoms with Crippen molar-refractivity contribution >= 4 is 34.8 Å². The number of anilines is 1. The summed E-state index contributed by atoms with van der Waals surface area (Å²) in [5.41, 5.74) is 0.603. The van der Waals surface area contributed by atoms with Crippen LogP contribution in [0.3, 0.4) is 0 Å². The van der Waals surface area contributed by atoms with Crippen molar-refractivity contribution in [1.82, 2.24) is 4.98 Å². The third-order valence-corrected chi connectivity index (χ3v) is 3.21. The van der Waals surface area contributed by atoms with Crippen LogP contribution in [0.2, 0.25) is 10.0 Å². The van der Waals surface area contributed by atoms with Crippen LogP contribution in [-0.4, -0.2) is 25.1 Å². The second-order valence-electron chi connectivity index (χ2n) is 4.00. The monoisotopic (exact) mass is 326 g/mol. The molecule has 2 rings (SSSR count). The van der Waals surface area contributed by atoms with Crippen LogP contribution in [0.25, 0.3) is 0 Å². The van der Waals surface area contributed by atoms with E-state index in [1.807, 2.05) is 0 Å². The van der Waals surface area contributed by atoms with Gasteiger partial charge in [0.15, 0.2) is 0 Å². The molecule has 0 aliphatic carbocycles. The van der Waals surface area contributed by atoms with E-state index in [-0.39, 0.29) is 5.69 Å². The fourth-order valence-electron chi connectivity index (χ4n) is 1.67. The first-order valence-corrected chi connectivity index (χ1v) is 6.65. The molecule has 0 saturated carbocycles. The number of carbonyl (C=O) groups excluding carboxylic acids is 1. The van der Waals surface area contributed by atoms with Crippen molar-refractivity contribution < 1.29 is 14.3 Å². The highest BCUT2D eigenvalue weighted by atomic mass is 35.5. The third kappa shape index (κ3) is 3.56. The van der Waals surface area contributed by atoms with Gasteiger partial charge in [-0.15, -0.1) is 0 Å². The van der Waals surface area contributed by atoms with Crippen molar-refractivity contribution in [2.24, 2.45) is 0 Å². The van der Waals surface area contributed by atoms with Gasteiger partial charge in [0.05, 0.1) is 24.9 Å². The van der Waals surface area contributed by atoms with Crippen LogP contribution in [0, 0.1) is 0 Å². The molecule has 5 nitrogen and oxygen atoms in total. The fourth-order valence-corrected chi connectivity index (χ4v) is 2.07. The van der Waals surface area contributed by atoms with Gasteiger partial charge in [-0.3, -0.25) is 9.78 Å². The lowest BCUT2D eigenvalue weighted by Gasteiger charge is -2.12. The number of methoxy groups -OCH3 is 2. The second-order valence-corrected chi connectivity index (χ2v) is 4.84. The molecule has 0 radical (unpaired) electrons. The van der Waals surface area contributed by atoms with Crippen LogP contribution in [0.4, 0.5) is 5.69 Å². The maximum Gasteiger partial charge on any atom is 0.274 e. The highest BCUT2D eigenvalue weighted by Crippen LogP contribution is 2.36. The van der Waals surface area contributed by atoms with Gasteiger partial charge in [0.2, 0.25) is 0 Å². The largest absolute Gasteiger partial charge is 0.495 e. The first-order valence-electron chi connectivity index (χ1n) is 5.89. The molecule has 1 heterocycles. The molecule has 1 amide bonds. The van der Waals surface area contributed by atoms with Gasteiger partial charge in [-0.25, -0.2) is 0 Å². The standard InChI is InChI=1S/C14H12Cl2N2O3/c1-20-12-7-13(21-2)10(6-9(12)16)18-14(19)11-5-8(15)3-4-17-11/h3-7H,1-2H3,(H,18,19). The summed E-state index contributed by atoms with van der Waals surface area (Å²) in [6.07, 6.45) is 1.45. The van der Waals surface area contributed by atoms with Gasteiger partial charge in [0, 0.05) is 17.3 Å². The zero-order valence-electron chi connectivity index (χ0n) is 11.3. The van der Waals surface area contributed by atoms with Crippen LogP contribution in [-0.2, 0) is 0 Å². The quantitative estimate of drug-likeness (QED) is 0.931. The molecule has 0 unspecified atom stereocenters. The zero-order valence-corrected chi connectivity index (χ0v) is 12.8. The summed E-state index contributed by atoms with van der Waals surface area (Å²) >= 11 is 11.9. The van der Waals surface area contributed by atoms with Gasteiger partial charge >= 0.3 is 0 Å². The summed E-state index contributed by atoms with van der Waals surface area (Å²) < 4.78 is 10.3. The molecule has 0 aliphatic heterocycles. The van der Waals surface area contributed by atoms with Crippen LogP contribution in [0.1, 0.15) is 10.5 Å². The Kier molecular flexibility index (Phi) is 4.88. The molecular formula is C14H12Cl2N2O3. The molecule has 1 aromatic carbocycles. The number of hydrogen-bond acceptors (Lipinski definition) is 4. The van der Waals surface area contributed by atoms with Crippen molar-refractivity contribution in [3.05, 3.63) is 46.2 Å². The zero-order chi connectivity index (χ0) is 15.4. The van der Waals surface area contributed by atoms with Crippen molar-refractivity contribution in [3.63, 3.8) is 0 Å². The lowest BCUT2D eigenvalue weighted by molar-refractivity contribution is 0.102. The van der Waals surface area contributed by atoms with Crippen LogP contribution in [0.15, 0.2) is 30.5 Å². The molecule has 0 saturated heterocycles. The molecular weight excluding hydrogens is 315 g/mol. The van der Waals surface area contributed by atoms with Gasteiger partial charge in [-0.05, 0) is 18.2 Å². The predicted octanol–water partition coefficient (Wildman–Crippen LogP) is 3.66. The molecule has 110 valence electrons. The van der Waals surface area contributed by atoms with E-state index in [1.54, 1.807) is 18.2 Å². The molecule has 1 N–H and O–H groups in total. The van der Waals surface area contributed by atoms with Crippen LogP contribution < -0.4 is 14.8 Å². The number of hydrogen-bond donors (Lipinski definition) is 1. The van der Waals surface area contributed by atoms with Crippen LogP contribution >= 0.6 is 23.2 Å². The molecule has 0 spiro atoms. The summed E-state index contributed by atoms with van der Waals surface area (Å²) in [6.45, 7) is 0. The minimum absolute atomic E-state index is 0.191. The average molecular weight is 327 g/mol. The molecule has 2 aromatic rings. The summed E-state index contributed by atoms with van der Waals surface area (Å²) in [5.74, 6) is 0.455. The minimum Gasteiger partial charge on any atom is -0.495 e. The van der Waals surface area contributed by atoms with E-state index in [1.165, 1.54) is 26.5 Å². The Morgan fingerprint density at radius 3 is 2.48 bits per heavy atom. The normalized spacial score (nSPS) is 10.1. The van der Waals surface area contributed by atoms with Crippen molar-refractivity contribution in [2.75, 3.05) is 19.5 Å². The van der Waals surface area contributed by atoms with Gasteiger partial charge in [0.1, 0.15) is 17.2 Å². The van der Waals surface area contributed by atoms with Gasteiger partial charge in [0.25, 0.3) is 5.91 Å². The number of benzene rings is 1. The van der Waals surface area contributed by atoms with E-state index in [9.17, 15) is 4.79 Å². The van der Waals surface area contributed by atoms with Crippen LogP contribution in [0.5, 0.6) is 11.5 Å². The van der Waals surface area contributed by atoms with E-state index in [2.05, 4.69) is 10.3 Å². The number of carbonyl (C=O) groups is 1. The van der Waals surface area contributed by atoms with E-state index < -0.39 is 5.91 Å². The van der Waals surface area contributed by atoms with E-state index in [0.717, 1.165) is 0 Å². The Labute approximate surface area is 131 Å². The molecule has 21 heavy (non-hydrogen) atoms. The Morgan fingerprint density at radius 2 is 1.86 bits per heavy atom. The average Bonchev–Trinajstić information content (AvgIpc) is 2.47. The highest BCUT2D eigenvalue weighted by molar-refractivity contribution is 6.32. The van der Waals surface area contributed by atoms with Gasteiger partial charge in [-0.1, -0.05) is 23.2 Å². The number of amides is 1. The van der Waals surface area contributed by atoms with E-state index in [0.29, 0.717) is 27.2 Å². The van der Waals surface area contributed by atoms with Crippen molar-refractivity contribution in [1.29, 1.82) is 0 Å². The molecule has 7 heteroatoms. The number of halogens is 2. The van der Waals surface area contributed by atoms with E-state index >= 15 is 0 Å². The fraction of sp³-hybridized carbons (Fsp3) is 0.143. The number of nitrogens with zero attached hydrogens (tertiary/aromatic N) is 1. The summed E-state index contributed by atoms with van der Waals surface area (Å²) in [6, 6.07) is 6.18. The molecule has 0 aliphatic rings. The van der Waals surface area contributed by atoms with Crippen molar-refractivity contribution in [3.8, 4) is 11.5 Å². The molecule has 0 atom stereocenters. The Bertz CT molecular complexity index is 677. The smallest absolute Gasteiger partial charge is 0.274 e. The van der Waals surface area contributed by atoms with Gasteiger partial charge < -0.3 is 14.8 Å². The summed E-state index contributed by atoms with van der Waals surface area (Å²) in [5, 5.41) is 3.45. The maximum absolute atomic E-state index is 12.1. The first kappa shape index (κ1) is 15.4. The molecule has 0 bridgehead atoms. The maximum atomic E-state index is 12.1. The Balaban J connectivity index is 2.30. The summed E-state index contributed by atoms with van der Waals surface area (Å²) in [7, 11) is 2.98. The molecule has 1 aromatic heterocycles. The van der Waals surface area contributed by atoms with Gasteiger partial charge in [-0.2, -0.15) is 0 Å². The second kappa shape index (κ2) is 6.65. The first-order chi connectivity index (χ1) is 10.0. The lowest BCUT2D eigenvalue weighted by Crippen LogP contribution is -2.14. The lowest BCUT2D eigenvalue weighted by atomic mass is 10.2. The third-order valence-electron chi connectivity index (χ3n) is 2.68. The van der Waals surface area contributed by atoms with Crippen molar-refractivity contribution in [2.45, 2.75) is 0 Å². The number of aromatic nitrogens is 1. The predicted molar refractivity (Wildman–Crippen MR) is 81.8 cm³/mol. The Morgan fingerprint density at radius 1 is 1.14 bits per heavy atom. The topological polar surface area (TPSA) is 60.5 Å².